The van der Waals surface area contributed by atoms with E-state index in [-0.39, 0.29) is 12.0 Å². The molecular weight excluding hydrogens is 378 g/mol. The number of hydrogen-bond donors (Lipinski definition) is 1. The predicted octanol–water partition coefficient (Wildman–Crippen LogP) is 4.34. The molecule has 0 spiro atoms. The molecule has 2 aliphatic rings. The van der Waals surface area contributed by atoms with Crippen LogP contribution in [0, 0.1) is 0 Å². The average molecular weight is 398 g/mol. The van der Waals surface area contributed by atoms with Crippen molar-refractivity contribution in [1.29, 1.82) is 0 Å². The van der Waals surface area contributed by atoms with E-state index in [0.717, 1.165) is 29.7 Å². The summed E-state index contributed by atoms with van der Waals surface area (Å²) in [5.74, 6) is 0.414. The molecule has 2 fully saturated rings. The maximum atomic E-state index is 11.9. The molecule has 1 aliphatic heterocycles. The highest BCUT2D eigenvalue weighted by molar-refractivity contribution is 8.26. The molecule has 7 heteroatoms. The van der Waals surface area contributed by atoms with E-state index in [1.807, 2.05) is 30.3 Å². The lowest BCUT2D eigenvalue weighted by molar-refractivity contribution is -0.115. The van der Waals surface area contributed by atoms with Crippen LogP contribution in [0.3, 0.4) is 0 Å². The molecule has 0 atom stereocenters. The molecule has 0 radical (unpaired) electrons. The zero-order valence-electron chi connectivity index (χ0n) is 14.7. The highest BCUT2D eigenvalue weighted by atomic mass is 32.2. The van der Waals surface area contributed by atoms with Crippen molar-refractivity contribution in [3.63, 3.8) is 0 Å². The molecule has 4 rings (SSSR count). The summed E-state index contributed by atoms with van der Waals surface area (Å²) in [4.78, 5) is 21.4. The molecule has 0 unspecified atom stereocenters. The van der Waals surface area contributed by atoms with Crippen LogP contribution in [0.15, 0.2) is 41.6 Å². The molecule has 27 heavy (non-hydrogen) atoms. The van der Waals surface area contributed by atoms with Crippen molar-refractivity contribution >= 4 is 40.3 Å². The molecule has 1 aromatic carbocycles. The van der Waals surface area contributed by atoms with Gasteiger partial charge >= 0.3 is 0 Å². The minimum atomic E-state index is -0.155. The van der Waals surface area contributed by atoms with Gasteiger partial charge in [-0.05, 0) is 43.4 Å². The third kappa shape index (κ3) is 4.54. The second-order valence-corrected chi connectivity index (χ2v) is 8.32. The largest absolute Gasteiger partial charge is 0.473 e. The first-order chi connectivity index (χ1) is 13.2. The Balaban J connectivity index is 1.55. The Morgan fingerprint density at radius 1 is 1.22 bits per heavy atom. The van der Waals surface area contributed by atoms with Gasteiger partial charge in [-0.25, -0.2) is 4.98 Å². The predicted molar refractivity (Wildman–Crippen MR) is 111 cm³/mol. The number of rotatable bonds is 4. The third-order valence-corrected chi connectivity index (χ3v) is 5.74. The van der Waals surface area contributed by atoms with Gasteiger partial charge in [0.15, 0.2) is 0 Å². The van der Waals surface area contributed by atoms with E-state index in [1.165, 1.54) is 31.0 Å². The number of carbonyl (C=O) groups excluding carboxylic acids is 1. The normalized spacial score (nSPS) is 19.3. The molecule has 1 aliphatic carbocycles. The van der Waals surface area contributed by atoms with Gasteiger partial charge in [0.1, 0.15) is 10.4 Å². The van der Waals surface area contributed by atoms with Crippen LogP contribution >= 0.6 is 24.0 Å². The number of aromatic nitrogens is 2. The van der Waals surface area contributed by atoms with E-state index in [1.54, 1.807) is 12.4 Å². The summed E-state index contributed by atoms with van der Waals surface area (Å²) in [5.41, 5.74) is 2.59. The lowest BCUT2D eigenvalue weighted by Crippen LogP contribution is -2.20. The lowest BCUT2D eigenvalue weighted by Gasteiger charge is -2.22. The van der Waals surface area contributed by atoms with Crippen molar-refractivity contribution in [2.75, 3.05) is 0 Å². The summed E-state index contributed by atoms with van der Waals surface area (Å²) >= 11 is 6.31. The number of hydrogen-bond acceptors (Lipinski definition) is 6. The molecule has 2 aromatic rings. The lowest BCUT2D eigenvalue weighted by atomic mass is 9.98. The molecule has 1 aromatic heterocycles. The Bertz CT molecular complexity index is 908. The van der Waals surface area contributed by atoms with Gasteiger partial charge in [-0.1, -0.05) is 48.6 Å². The first-order valence-corrected chi connectivity index (χ1v) is 10.2. The Morgan fingerprint density at radius 2 is 2.07 bits per heavy atom. The van der Waals surface area contributed by atoms with E-state index in [4.69, 9.17) is 17.0 Å². The molecule has 1 N–H and O–H groups in total. The van der Waals surface area contributed by atoms with Gasteiger partial charge in [-0.2, -0.15) is 0 Å². The molecule has 1 saturated carbocycles. The number of nitrogens with one attached hydrogen (secondary N) is 1. The summed E-state index contributed by atoms with van der Waals surface area (Å²) in [5, 5.41) is 2.63. The number of nitrogens with zero attached hydrogens (tertiary/aromatic N) is 2. The molecule has 2 heterocycles. The molecule has 0 bridgehead atoms. The van der Waals surface area contributed by atoms with Crippen molar-refractivity contribution in [1.82, 2.24) is 15.3 Å². The first kappa shape index (κ1) is 18.1. The van der Waals surface area contributed by atoms with Crippen molar-refractivity contribution in [2.45, 2.75) is 38.2 Å². The smallest absolute Gasteiger partial charge is 0.263 e. The van der Waals surface area contributed by atoms with E-state index >= 15 is 0 Å². The van der Waals surface area contributed by atoms with Crippen LogP contribution in [0.1, 0.15) is 37.7 Å². The fourth-order valence-electron chi connectivity index (χ4n) is 3.26. The monoisotopic (exact) mass is 397 g/mol. The van der Waals surface area contributed by atoms with E-state index in [0.29, 0.717) is 15.1 Å². The number of thiocarbonyl (C=S) groups is 1. The van der Waals surface area contributed by atoms with Crippen molar-refractivity contribution in [3.05, 3.63) is 47.1 Å². The molecule has 138 valence electrons. The van der Waals surface area contributed by atoms with E-state index in [2.05, 4.69) is 15.3 Å². The van der Waals surface area contributed by atoms with Crippen molar-refractivity contribution in [2.24, 2.45) is 0 Å². The number of ether oxygens (including phenoxy) is 1. The van der Waals surface area contributed by atoms with Crippen molar-refractivity contribution in [3.8, 4) is 17.1 Å². The van der Waals surface area contributed by atoms with Crippen LogP contribution < -0.4 is 10.1 Å². The zero-order valence-corrected chi connectivity index (χ0v) is 16.3. The fourth-order valence-corrected chi connectivity index (χ4v) is 4.30. The number of amides is 1. The minimum absolute atomic E-state index is 0.155. The number of benzene rings is 1. The SMILES string of the molecule is O=C1NC(=S)SC1=Cc1cccc(-c2cncc(OC3CCCCC3)n2)c1. The quantitative estimate of drug-likeness (QED) is 0.611. The Morgan fingerprint density at radius 3 is 2.85 bits per heavy atom. The Labute approximate surface area is 167 Å². The number of carbonyl (C=O) groups is 1. The maximum absolute atomic E-state index is 11.9. The number of thioether (sulfide) groups is 1. The molecular formula is C20H19N3O2S2. The van der Waals surface area contributed by atoms with Gasteiger partial charge in [0.2, 0.25) is 5.88 Å². The summed E-state index contributed by atoms with van der Waals surface area (Å²) in [7, 11) is 0. The summed E-state index contributed by atoms with van der Waals surface area (Å²) in [6.45, 7) is 0. The van der Waals surface area contributed by atoms with Gasteiger partial charge in [0, 0.05) is 5.56 Å². The standard InChI is InChI=1S/C20H19N3O2S2/c24-19-17(27-20(26)23-19)10-13-5-4-6-14(9-13)16-11-21-12-18(22-16)25-15-7-2-1-3-8-15/h4-6,9-12,15H,1-3,7-8H2,(H,23,24,26). The van der Waals surface area contributed by atoms with E-state index in [9.17, 15) is 4.79 Å². The van der Waals surface area contributed by atoms with Crippen LogP contribution in [-0.4, -0.2) is 26.3 Å². The van der Waals surface area contributed by atoms with Gasteiger partial charge in [-0.3, -0.25) is 9.78 Å². The second-order valence-electron chi connectivity index (χ2n) is 6.60. The highest BCUT2D eigenvalue weighted by Crippen LogP contribution is 2.28. The van der Waals surface area contributed by atoms with Crippen LogP contribution in [-0.2, 0) is 4.79 Å². The van der Waals surface area contributed by atoms with Crippen LogP contribution in [0.5, 0.6) is 5.88 Å². The Hall–Kier alpha value is -2.25. The minimum Gasteiger partial charge on any atom is -0.473 e. The van der Waals surface area contributed by atoms with Crippen LogP contribution in [0.25, 0.3) is 17.3 Å². The molecule has 1 amide bonds. The summed E-state index contributed by atoms with van der Waals surface area (Å²) < 4.78 is 6.51. The Kier molecular flexibility index (Phi) is 5.50. The second kappa shape index (κ2) is 8.19. The molecule has 5 nitrogen and oxygen atoms in total. The van der Waals surface area contributed by atoms with Gasteiger partial charge in [0.05, 0.1) is 23.0 Å². The fraction of sp³-hybridized carbons (Fsp3) is 0.300. The first-order valence-electron chi connectivity index (χ1n) is 9.01. The van der Waals surface area contributed by atoms with E-state index < -0.39 is 0 Å². The highest BCUT2D eigenvalue weighted by Gasteiger charge is 2.22. The van der Waals surface area contributed by atoms with Gasteiger partial charge in [-0.15, -0.1) is 0 Å². The third-order valence-electron chi connectivity index (χ3n) is 4.57. The average Bonchev–Trinajstić information content (AvgIpc) is 3.00. The van der Waals surface area contributed by atoms with Crippen LogP contribution in [0.4, 0.5) is 0 Å². The topological polar surface area (TPSA) is 64.1 Å². The van der Waals surface area contributed by atoms with Crippen LogP contribution in [0.2, 0.25) is 0 Å². The summed E-state index contributed by atoms with van der Waals surface area (Å²) in [6.07, 6.45) is 11.3. The van der Waals surface area contributed by atoms with Gasteiger partial charge < -0.3 is 10.1 Å². The van der Waals surface area contributed by atoms with Gasteiger partial charge in [0.25, 0.3) is 5.91 Å². The van der Waals surface area contributed by atoms with Crippen molar-refractivity contribution < 1.29 is 9.53 Å². The summed E-state index contributed by atoms with van der Waals surface area (Å²) in [6, 6.07) is 7.84. The zero-order chi connectivity index (χ0) is 18.6. The maximum Gasteiger partial charge on any atom is 0.263 e. The molecule has 1 saturated heterocycles.